The molecule has 4 rings (SSSR count). The van der Waals surface area contributed by atoms with Gasteiger partial charge in [0.15, 0.2) is 0 Å². The van der Waals surface area contributed by atoms with Gasteiger partial charge in [-0.05, 0) is 38.1 Å². The highest BCUT2D eigenvalue weighted by atomic mass is 32.2. The number of sulfonamides is 1. The number of rotatable bonds is 6. The van der Waals surface area contributed by atoms with Crippen molar-refractivity contribution < 1.29 is 22.7 Å². The Balaban J connectivity index is 1.55. The first-order valence-corrected chi connectivity index (χ1v) is 12.1. The lowest BCUT2D eigenvalue weighted by Gasteiger charge is -2.19. The van der Waals surface area contributed by atoms with Crippen LogP contribution in [0, 0.1) is 6.92 Å². The molecule has 0 aliphatic carbocycles. The highest BCUT2D eigenvalue weighted by molar-refractivity contribution is 7.90. The van der Waals surface area contributed by atoms with Crippen molar-refractivity contribution in [3.63, 3.8) is 0 Å². The monoisotopic (exact) mass is 477 g/mol. The Labute approximate surface area is 197 Å². The molecule has 1 aliphatic rings. The fourth-order valence-corrected chi connectivity index (χ4v) is 4.68. The number of aliphatic imine (C=N–C) groups is 1. The normalized spacial score (nSPS) is 16.7. The van der Waals surface area contributed by atoms with Crippen LogP contribution in [0.5, 0.6) is 0 Å². The molecule has 0 radical (unpaired) electrons. The van der Waals surface area contributed by atoms with Crippen molar-refractivity contribution in [2.75, 3.05) is 5.32 Å². The molecule has 8 nitrogen and oxygen atoms in total. The number of nitrogens with one attached hydrogen (secondary N) is 2. The Morgan fingerprint density at radius 3 is 2.29 bits per heavy atom. The predicted molar refractivity (Wildman–Crippen MR) is 128 cm³/mol. The summed E-state index contributed by atoms with van der Waals surface area (Å²) in [6.45, 7) is 3.41. The lowest BCUT2D eigenvalue weighted by molar-refractivity contribution is -0.155. The van der Waals surface area contributed by atoms with Gasteiger partial charge < -0.3 is 10.1 Å². The van der Waals surface area contributed by atoms with E-state index in [4.69, 9.17) is 4.74 Å². The van der Waals surface area contributed by atoms with Gasteiger partial charge >= 0.3 is 5.97 Å². The lowest BCUT2D eigenvalue weighted by atomic mass is 10.1. The average molecular weight is 478 g/mol. The number of benzene rings is 3. The van der Waals surface area contributed by atoms with Gasteiger partial charge in [0, 0.05) is 16.8 Å². The molecule has 0 bridgehead atoms. The van der Waals surface area contributed by atoms with Crippen LogP contribution >= 0.6 is 0 Å². The number of nitrogens with zero attached hydrogens (tertiary/aromatic N) is 1. The molecule has 3 aromatic rings. The van der Waals surface area contributed by atoms with Crippen molar-refractivity contribution in [3.8, 4) is 0 Å². The molecule has 0 spiro atoms. The van der Waals surface area contributed by atoms with E-state index in [-0.39, 0.29) is 10.7 Å². The Bertz CT molecular complexity index is 1350. The summed E-state index contributed by atoms with van der Waals surface area (Å²) >= 11 is 0. The highest BCUT2D eigenvalue weighted by Gasteiger charge is 2.32. The molecule has 1 heterocycles. The molecule has 0 saturated carbocycles. The zero-order valence-corrected chi connectivity index (χ0v) is 19.4. The summed E-state index contributed by atoms with van der Waals surface area (Å²) in [7, 11) is -3.74. The van der Waals surface area contributed by atoms with Crippen LogP contribution in [0.2, 0.25) is 0 Å². The molecule has 1 unspecified atom stereocenters. The van der Waals surface area contributed by atoms with Gasteiger partial charge in [0.1, 0.15) is 11.9 Å². The van der Waals surface area contributed by atoms with E-state index in [1.54, 1.807) is 60.7 Å². The third-order valence-electron chi connectivity index (χ3n) is 5.22. The fraction of sp³-hybridized carbons (Fsp3) is 0.160. The van der Waals surface area contributed by atoms with Crippen LogP contribution in [0.3, 0.4) is 0 Å². The minimum atomic E-state index is -3.74. The molecule has 0 saturated heterocycles. The molecule has 0 fully saturated rings. The smallest absolute Gasteiger partial charge is 0.331 e. The fourth-order valence-electron chi connectivity index (χ4n) is 3.44. The number of anilines is 1. The van der Waals surface area contributed by atoms with Crippen LogP contribution in [-0.4, -0.2) is 32.2 Å². The summed E-state index contributed by atoms with van der Waals surface area (Å²) in [4.78, 5) is 30.3. The average Bonchev–Trinajstić information content (AvgIpc) is 3.09. The van der Waals surface area contributed by atoms with Crippen molar-refractivity contribution in [3.05, 3.63) is 95.6 Å². The second kappa shape index (κ2) is 9.48. The molecular weight excluding hydrogens is 454 g/mol. The number of amidine groups is 1. The summed E-state index contributed by atoms with van der Waals surface area (Å²) in [6.07, 6.45) is -1.22. The zero-order chi connectivity index (χ0) is 24.3. The molecular formula is C25H23N3O5S. The molecule has 2 atom stereocenters. The van der Waals surface area contributed by atoms with Gasteiger partial charge in [0.25, 0.3) is 15.9 Å². The van der Waals surface area contributed by atoms with Gasteiger partial charge in [-0.15, -0.1) is 0 Å². The molecule has 34 heavy (non-hydrogen) atoms. The maximum atomic E-state index is 13.0. The van der Waals surface area contributed by atoms with Gasteiger partial charge in [-0.25, -0.2) is 13.2 Å². The van der Waals surface area contributed by atoms with E-state index >= 15 is 0 Å². The van der Waals surface area contributed by atoms with E-state index in [1.165, 1.54) is 13.0 Å². The van der Waals surface area contributed by atoms with Crippen LogP contribution in [0.4, 0.5) is 5.69 Å². The van der Waals surface area contributed by atoms with Crippen molar-refractivity contribution in [1.82, 2.24) is 4.72 Å². The SMILES string of the molecule is Cc1ccc(NC(=O)C(OC(=O)[C@H](C)N=C2NS(=O)(=O)c3ccccc32)c2ccccc2)cc1. The van der Waals surface area contributed by atoms with Crippen molar-refractivity contribution in [2.24, 2.45) is 4.99 Å². The van der Waals surface area contributed by atoms with Crippen LogP contribution in [0.1, 0.15) is 29.7 Å². The van der Waals surface area contributed by atoms with Gasteiger partial charge in [-0.2, -0.15) is 0 Å². The van der Waals surface area contributed by atoms with Crippen LogP contribution < -0.4 is 10.0 Å². The standard InChI is InChI=1S/C25H23N3O5S/c1-16-12-14-19(15-13-16)27-24(29)22(18-8-4-3-5-9-18)33-25(30)17(2)26-23-20-10-6-7-11-21(20)34(31,32)28-23/h3-15,17,22H,1-2H3,(H,26,28)(H,27,29)/t17-,22?/m0/s1. The lowest BCUT2D eigenvalue weighted by Crippen LogP contribution is -2.31. The quantitative estimate of drug-likeness (QED) is 0.529. The second-order valence-electron chi connectivity index (χ2n) is 7.84. The van der Waals surface area contributed by atoms with E-state index < -0.39 is 34.0 Å². The molecule has 0 aromatic heterocycles. The van der Waals surface area contributed by atoms with Crippen LogP contribution in [0.15, 0.2) is 88.8 Å². The first-order valence-electron chi connectivity index (χ1n) is 10.6. The van der Waals surface area contributed by atoms with Gasteiger partial charge in [0.2, 0.25) is 6.10 Å². The molecule has 3 aromatic carbocycles. The summed E-state index contributed by atoms with van der Waals surface area (Å²) in [5, 5.41) is 2.77. The molecule has 1 amide bonds. The van der Waals surface area contributed by atoms with E-state index in [2.05, 4.69) is 15.0 Å². The minimum absolute atomic E-state index is 0.0559. The van der Waals surface area contributed by atoms with Gasteiger partial charge in [0.05, 0.1) is 4.90 Å². The number of amides is 1. The van der Waals surface area contributed by atoms with Crippen LogP contribution in [0.25, 0.3) is 0 Å². The minimum Gasteiger partial charge on any atom is -0.446 e. The Morgan fingerprint density at radius 2 is 1.59 bits per heavy atom. The van der Waals surface area contributed by atoms with Gasteiger partial charge in [-0.3, -0.25) is 14.5 Å². The third-order valence-corrected chi connectivity index (χ3v) is 6.62. The summed E-state index contributed by atoms with van der Waals surface area (Å²) < 4.78 is 32.5. The van der Waals surface area contributed by atoms with Crippen molar-refractivity contribution in [1.29, 1.82) is 0 Å². The number of carbonyl (C=O) groups is 2. The number of ether oxygens (including phenoxy) is 1. The summed E-state index contributed by atoms with van der Waals surface area (Å²) in [6, 6.07) is 21.2. The first kappa shape index (κ1) is 23.2. The maximum Gasteiger partial charge on any atom is 0.331 e. The number of hydrogen-bond acceptors (Lipinski definition) is 6. The van der Waals surface area contributed by atoms with Gasteiger partial charge in [-0.1, -0.05) is 60.2 Å². The topological polar surface area (TPSA) is 114 Å². The number of fused-ring (bicyclic) bond motifs is 1. The molecule has 9 heteroatoms. The number of esters is 1. The maximum absolute atomic E-state index is 13.0. The summed E-state index contributed by atoms with van der Waals surface area (Å²) in [5.74, 6) is -1.24. The molecule has 1 aliphatic heterocycles. The molecule has 174 valence electrons. The zero-order valence-electron chi connectivity index (χ0n) is 18.6. The highest BCUT2D eigenvalue weighted by Crippen LogP contribution is 2.24. The van der Waals surface area contributed by atoms with E-state index in [1.807, 2.05) is 19.1 Å². The first-order chi connectivity index (χ1) is 16.2. The van der Waals surface area contributed by atoms with E-state index in [9.17, 15) is 18.0 Å². The van der Waals surface area contributed by atoms with E-state index in [0.717, 1.165) is 5.56 Å². The largest absolute Gasteiger partial charge is 0.446 e. The molecule has 2 N–H and O–H groups in total. The Hall–Kier alpha value is -3.98. The number of carbonyl (C=O) groups excluding carboxylic acids is 2. The summed E-state index contributed by atoms with van der Waals surface area (Å²) in [5.41, 5.74) is 2.48. The second-order valence-corrected chi connectivity index (χ2v) is 9.49. The Morgan fingerprint density at radius 1 is 0.941 bits per heavy atom. The predicted octanol–water partition coefficient (Wildman–Crippen LogP) is 3.35. The van der Waals surface area contributed by atoms with Crippen molar-refractivity contribution >= 4 is 33.4 Å². The Kier molecular flexibility index (Phi) is 6.47. The number of aryl methyl sites for hydroxylation is 1. The van der Waals surface area contributed by atoms with Crippen molar-refractivity contribution in [2.45, 2.75) is 30.9 Å². The van der Waals surface area contributed by atoms with E-state index in [0.29, 0.717) is 16.8 Å². The third kappa shape index (κ3) is 4.99. The number of hydrogen-bond donors (Lipinski definition) is 2. The van der Waals surface area contributed by atoms with Crippen LogP contribution in [-0.2, 0) is 24.3 Å².